The van der Waals surface area contributed by atoms with Crippen molar-refractivity contribution in [2.45, 2.75) is 81.6 Å². The largest absolute Gasteiger partial charge is 0.466 e. The van der Waals surface area contributed by atoms with Crippen molar-refractivity contribution in [1.82, 2.24) is 83.6 Å². The molecular weight excluding hydrogens is 1830 g/mol. The van der Waals surface area contributed by atoms with E-state index in [2.05, 4.69) is 117 Å². The topological polar surface area (TPSA) is 306 Å². The molecular formula is C105H96N18O10S5. The number of hydrogen-bond donors (Lipinski definition) is 0. The van der Waals surface area contributed by atoms with Crippen molar-refractivity contribution in [2.75, 3.05) is 44.4 Å². The molecule has 19 aromatic rings. The number of ether oxygens (including phenoxy) is 5. The third-order valence-electron chi connectivity index (χ3n) is 22.0. The average molecular weight is 1930 g/mol. The van der Waals surface area contributed by atoms with E-state index in [-0.39, 0.29) is 18.1 Å². The maximum absolute atomic E-state index is 12.0. The van der Waals surface area contributed by atoms with Gasteiger partial charge in [-0.15, -0.1) is 56.7 Å². The highest BCUT2D eigenvalue weighted by atomic mass is 32.1. The van der Waals surface area contributed by atoms with Gasteiger partial charge in [-0.05, 0) is 86.6 Å². The van der Waals surface area contributed by atoms with Crippen LogP contribution in [0.15, 0.2) is 282 Å². The van der Waals surface area contributed by atoms with Gasteiger partial charge >= 0.3 is 23.9 Å². The third-order valence-corrected chi connectivity index (χ3v) is 26.2. The van der Waals surface area contributed by atoms with Crippen LogP contribution in [0.4, 0.5) is 5.82 Å². The first-order valence-corrected chi connectivity index (χ1v) is 49.0. The van der Waals surface area contributed by atoms with Gasteiger partial charge in [0.25, 0.3) is 6.47 Å². The van der Waals surface area contributed by atoms with Crippen molar-refractivity contribution in [3.8, 4) is 133 Å². The number of thiophene rings is 1. The third kappa shape index (κ3) is 21.8. The molecule has 1 aliphatic heterocycles. The standard InChI is InChI=1S/C23H21N3O2S.C22H17N3O2.C20H19N5O2S.C20H22N4O2S.C20H17N3O2S2/c1-3-28-20(27)14-19-15-29-23(24-19)26-22(18-12-8-5-9-13-18)16(2)21(25-26)17-10-6-4-7-11-17;1-16-21(17-8-4-2-5-9-17)24-25(22(16)18-10-6-3-7-11-18)19-12-20(27-15-26)14-23-13-19;1-4-27-19(26)16-12-28-20(22-16)25-18(15-10-21-24(3)11-15)13(2)17(23-25)14-8-6-5-7-9-14;1-3-26-19(25)16-13-27-20(21-16)24-18(23-11-7-8-12-23)14(2)17(22-24)15-9-5-4-6-10-15;1-3-25-19(24)15-12-27-20(21-15)23-18(16-10-7-11-26-16)13(2)17(22-23)14-8-5-4-6-9-14/h4-13,15H,3,14H2,1-2H3;2-15H,1H3;5-12H,4H2,1-3H3;4-6,9-10,13H,3,7-8,11-12H2,1-2H3;4-12H,3H2,1-2H3. The summed E-state index contributed by atoms with van der Waals surface area (Å²) >= 11 is 7.26. The van der Waals surface area contributed by atoms with Crippen LogP contribution < -0.4 is 9.64 Å². The minimum Gasteiger partial charge on any atom is -0.466 e. The molecule has 1 aliphatic rings. The zero-order valence-electron chi connectivity index (χ0n) is 77.3. The van der Waals surface area contributed by atoms with Crippen molar-refractivity contribution >= 4 is 92.9 Å². The van der Waals surface area contributed by atoms with Gasteiger partial charge in [-0.1, -0.05) is 218 Å². The first-order valence-electron chi connectivity index (χ1n) is 44.6. The van der Waals surface area contributed by atoms with E-state index in [1.54, 1.807) is 83.0 Å². The second-order valence-electron chi connectivity index (χ2n) is 31.2. The van der Waals surface area contributed by atoms with E-state index in [0.717, 1.165) is 158 Å². The second-order valence-corrected chi connectivity index (χ2v) is 35.5. The second kappa shape index (κ2) is 45.1. The number of esters is 4. The first-order chi connectivity index (χ1) is 67.4. The molecule has 28 nitrogen and oxygen atoms in total. The Morgan fingerprint density at radius 3 is 1.14 bits per heavy atom. The van der Waals surface area contributed by atoms with E-state index >= 15 is 0 Å². The number of aryl methyl sites for hydroxylation is 1. The Kier molecular flexibility index (Phi) is 31.2. The highest BCUT2D eigenvalue weighted by Crippen LogP contribution is 2.42. The number of hydrogen-bond acceptors (Lipinski definition) is 27. The molecule has 0 atom stereocenters. The molecule has 0 N–H and O–H groups in total. The molecule has 0 bridgehead atoms. The molecule has 13 heterocycles. The minimum absolute atomic E-state index is 0.163. The maximum atomic E-state index is 12.0. The van der Waals surface area contributed by atoms with E-state index in [4.69, 9.17) is 49.2 Å². The molecule has 0 aliphatic carbocycles. The lowest BCUT2D eigenvalue weighted by Crippen LogP contribution is -2.22. The maximum Gasteiger partial charge on any atom is 0.357 e. The van der Waals surface area contributed by atoms with Crippen LogP contribution in [0, 0.1) is 34.6 Å². The van der Waals surface area contributed by atoms with Gasteiger partial charge in [0.2, 0.25) is 20.5 Å². The van der Waals surface area contributed by atoms with Gasteiger partial charge in [-0.3, -0.25) is 19.3 Å². The zero-order valence-corrected chi connectivity index (χ0v) is 81.3. The Bertz CT molecular complexity index is 7340. The van der Waals surface area contributed by atoms with Crippen LogP contribution in [0.3, 0.4) is 0 Å². The molecule has 0 spiro atoms. The highest BCUT2D eigenvalue weighted by Gasteiger charge is 2.30. The molecule has 0 saturated carbocycles. The van der Waals surface area contributed by atoms with E-state index < -0.39 is 17.9 Å². The van der Waals surface area contributed by atoms with E-state index in [0.29, 0.717) is 71.1 Å². The normalized spacial score (nSPS) is 11.4. The SMILES string of the molecule is CCOC(=O)Cc1csc(-n2nc(-c3ccccc3)c(C)c2-c2ccccc2)n1.CCOC(=O)c1csc(-n2nc(-c3ccccc3)c(C)c2-c2cccs2)n1.CCOC(=O)c1csc(-n2nc(-c3ccccc3)c(C)c2-c2cnn(C)c2)n1.CCOC(=O)c1csc(-n2nc(-c3ccccc3)c(C)c2N2CCCC2)n1.Cc1c(-c2ccccc2)nn(-c2cncc(OC=O)c2)c1-c1ccccc1. The monoisotopic (exact) mass is 1930 g/mol. The number of thiazole rings is 4. The van der Waals surface area contributed by atoms with Gasteiger partial charge in [-0.25, -0.2) is 53.0 Å². The number of carbonyl (C=O) groups excluding carboxylic acids is 5. The highest BCUT2D eigenvalue weighted by molar-refractivity contribution is 7.14. The number of rotatable bonds is 26. The summed E-state index contributed by atoms with van der Waals surface area (Å²) in [5, 5.41) is 40.4. The van der Waals surface area contributed by atoms with Crippen LogP contribution in [0.1, 0.15) is 106 Å². The molecule has 1 fully saturated rings. The van der Waals surface area contributed by atoms with Crippen molar-refractivity contribution in [3.05, 3.63) is 333 Å². The number of benzene rings is 7. The van der Waals surface area contributed by atoms with Crippen molar-refractivity contribution in [1.29, 1.82) is 0 Å². The Morgan fingerprint density at radius 2 is 0.739 bits per heavy atom. The van der Waals surface area contributed by atoms with E-state index in [1.807, 2.05) is 220 Å². The van der Waals surface area contributed by atoms with Crippen LogP contribution >= 0.6 is 56.7 Å². The minimum atomic E-state index is -0.430. The van der Waals surface area contributed by atoms with Crippen LogP contribution in [0.5, 0.6) is 5.75 Å². The summed E-state index contributed by atoms with van der Waals surface area (Å²) in [6.45, 7) is 21.3. The van der Waals surface area contributed by atoms with Crippen LogP contribution in [0.2, 0.25) is 0 Å². The molecule has 696 valence electrons. The smallest absolute Gasteiger partial charge is 0.357 e. The summed E-state index contributed by atoms with van der Waals surface area (Å²) in [6, 6.07) is 76.5. The number of nitrogens with zero attached hydrogens (tertiary/aromatic N) is 18. The Morgan fingerprint density at radius 1 is 0.377 bits per heavy atom. The summed E-state index contributed by atoms with van der Waals surface area (Å²) in [4.78, 5) is 84.2. The Labute approximate surface area is 816 Å². The lowest BCUT2D eigenvalue weighted by molar-refractivity contribution is -0.142. The molecule has 7 aromatic carbocycles. The summed E-state index contributed by atoms with van der Waals surface area (Å²) in [7, 11) is 1.87. The molecule has 20 rings (SSSR count). The lowest BCUT2D eigenvalue weighted by atomic mass is 10.0. The molecule has 0 amide bonds. The quantitative estimate of drug-likeness (QED) is 0.0276. The van der Waals surface area contributed by atoms with Crippen LogP contribution in [-0.4, -0.2) is 153 Å². The Hall–Kier alpha value is -15.7. The first kappa shape index (κ1) is 95.5. The van der Waals surface area contributed by atoms with Crippen molar-refractivity contribution in [3.63, 3.8) is 0 Å². The molecule has 0 unspecified atom stereocenters. The zero-order chi connectivity index (χ0) is 96.1. The fourth-order valence-electron chi connectivity index (χ4n) is 15.8. The van der Waals surface area contributed by atoms with Gasteiger partial charge in [0.15, 0.2) is 22.8 Å². The summed E-state index contributed by atoms with van der Waals surface area (Å²) < 4.78 is 36.1. The molecule has 138 heavy (non-hydrogen) atoms. The molecule has 0 radical (unpaired) electrons. The van der Waals surface area contributed by atoms with Crippen LogP contribution in [-0.2, 0) is 42.0 Å². The molecule has 33 heteroatoms. The van der Waals surface area contributed by atoms with Gasteiger partial charge in [-0.2, -0.15) is 35.3 Å². The number of aromatic nitrogens is 17. The molecule has 1 saturated heterocycles. The summed E-state index contributed by atoms with van der Waals surface area (Å²) in [5.74, 6) is -0.0684. The lowest BCUT2D eigenvalue weighted by Gasteiger charge is -2.19. The predicted octanol–water partition coefficient (Wildman–Crippen LogP) is 22.7. The number of anilines is 1. The van der Waals surface area contributed by atoms with Crippen LogP contribution in [0.25, 0.3) is 127 Å². The Balaban J connectivity index is 0.000000125. The fraction of sp³-hybridized carbons (Fsp3) is 0.181. The average Bonchev–Trinajstić information content (AvgIpc) is 1.61. The predicted molar refractivity (Wildman–Crippen MR) is 542 cm³/mol. The number of pyridine rings is 1. The van der Waals surface area contributed by atoms with Gasteiger partial charge < -0.3 is 28.6 Å². The van der Waals surface area contributed by atoms with Gasteiger partial charge in [0, 0.05) is 126 Å². The fourth-order valence-corrected chi connectivity index (χ4v) is 19.6. The van der Waals surface area contributed by atoms with E-state index in [1.165, 1.54) is 64.4 Å². The summed E-state index contributed by atoms with van der Waals surface area (Å²) in [5.41, 5.74) is 24.4. The summed E-state index contributed by atoms with van der Waals surface area (Å²) in [6.07, 6.45) is 9.45. The van der Waals surface area contributed by atoms with Crippen molar-refractivity contribution in [2.24, 2.45) is 7.05 Å². The molecule has 12 aromatic heterocycles. The van der Waals surface area contributed by atoms with E-state index in [9.17, 15) is 24.0 Å². The number of carbonyl (C=O) groups is 5. The van der Waals surface area contributed by atoms with Crippen molar-refractivity contribution < 1.29 is 47.7 Å². The van der Waals surface area contributed by atoms with Gasteiger partial charge in [0.1, 0.15) is 5.82 Å². The van der Waals surface area contributed by atoms with Gasteiger partial charge in [0.05, 0.1) is 119 Å².